The summed E-state index contributed by atoms with van der Waals surface area (Å²) in [4.78, 5) is 17.4. The molecule has 0 aliphatic carbocycles. The summed E-state index contributed by atoms with van der Waals surface area (Å²) >= 11 is 0. The van der Waals surface area contributed by atoms with E-state index >= 15 is 0 Å². The fraction of sp³-hybridized carbons (Fsp3) is 0. The zero-order valence-electron chi connectivity index (χ0n) is 11.7. The summed E-state index contributed by atoms with van der Waals surface area (Å²) in [5.41, 5.74) is 4.82. The molecule has 23 heavy (non-hydrogen) atoms. The van der Waals surface area contributed by atoms with Crippen molar-refractivity contribution in [2.45, 2.75) is 0 Å². The maximum Gasteiger partial charge on any atom is 0.269 e. The van der Waals surface area contributed by atoms with Crippen molar-refractivity contribution < 1.29 is 4.92 Å². The summed E-state index contributed by atoms with van der Waals surface area (Å²) in [7, 11) is 0. The van der Waals surface area contributed by atoms with E-state index in [0.717, 1.165) is 11.0 Å². The Morgan fingerprint density at radius 2 is 2.00 bits per heavy atom. The van der Waals surface area contributed by atoms with E-state index in [-0.39, 0.29) is 11.4 Å². The number of rotatable bonds is 4. The van der Waals surface area contributed by atoms with Gasteiger partial charge in [-0.15, -0.1) is 0 Å². The van der Waals surface area contributed by atoms with E-state index in [1.165, 1.54) is 24.3 Å². The lowest BCUT2D eigenvalue weighted by molar-refractivity contribution is -0.384. The summed E-state index contributed by atoms with van der Waals surface area (Å²) in [6.07, 6.45) is 0. The number of non-ortho nitro benzene ring substituents is 1. The predicted octanol–water partition coefficient (Wildman–Crippen LogP) is 2.81. The van der Waals surface area contributed by atoms with Crippen LogP contribution in [0.4, 0.5) is 11.4 Å². The number of hydrogen-bond acceptors (Lipinski definition) is 6. The van der Waals surface area contributed by atoms with Gasteiger partial charge in [0.1, 0.15) is 6.07 Å². The van der Waals surface area contributed by atoms with Gasteiger partial charge in [0, 0.05) is 12.1 Å². The Balaban J connectivity index is 1.84. The first kappa shape index (κ1) is 14.2. The van der Waals surface area contributed by atoms with Crippen molar-refractivity contribution in [3.63, 3.8) is 0 Å². The summed E-state index contributed by atoms with van der Waals surface area (Å²) in [6.45, 7) is 0. The number of hydrazone groups is 1. The van der Waals surface area contributed by atoms with Crippen molar-refractivity contribution in [2.75, 3.05) is 5.43 Å². The van der Waals surface area contributed by atoms with E-state index in [1.807, 2.05) is 30.3 Å². The van der Waals surface area contributed by atoms with Crippen LogP contribution in [0.1, 0.15) is 5.82 Å². The molecule has 112 valence electrons. The number of fused-ring (bicyclic) bond motifs is 1. The van der Waals surface area contributed by atoms with Gasteiger partial charge in [-0.05, 0) is 24.3 Å². The highest BCUT2D eigenvalue weighted by molar-refractivity contribution is 6.10. The van der Waals surface area contributed by atoms with Gasteiger partial charge in [-0.2, -0.15) is 10.4 Å². The van der Waals surface area contributed by atoms with Crippen molar-refractivity contribution in [1.29, 1.82) is 5.26 Å². The molecule has 8 heteroatoms. The first-order valence-electron chi connectivity index (χ1n) is 6.61. The largest absolute Gasteiger partial charge is 0.336 e. The average molecular weight is 306 g/mol. The van der Waals surface area contributed by atoms with E-state index in [1.54, 1.807) is 0 Å². The Morgan fingerprint density at radius 3 is 2.65 bits per heavy atom. The average Bonchev–Trinajstić information content (AvgIpc) is 2.99. The van der Waals surface area contributed by atoms with Gasteiger partial charge >= 0.3 is 0 Å². The second kappa shape index (κ2) is 5.95. The molecule has 0 unspecified atom stereocenters. The monoisotopic (exact) mass is 306 g/mol. The van der Waals surface area contributed by atoms with Gasteiger partial charge in [0.15, 0.2) is 5.82 Å². The number of aromatic amines is 1. The van der Waals surface area contributed by atoms with Crippen LogP contribution in [0, 0.1) is 21.4 Å². The molecule has 0 spiro atoms. The molecule has 0 bridgehead atoms. The molecule has 3 aromatic rings. The number of nitro groups is 1. The summed E-state index contributed by atoms with van der Waals surface area (Å²) < 4.78 is 0. The number of benzene rings is 2. The molecule has 8 nitrogen and oxygen atoms in total. The highest BCUT2D eigenvalue weighted by atomic mass is 16.6. The molecule has 1 aromatic heterocycles. The SMILES string of the molecule is N#C/C(=N\Nc1ccc([N+](=O)[O-])cc1)c1nc2ccccc2[nH]1. The Hall–Kier alpha value is -3.73. The quantitative estimate of drug-likeness (QED) is 0.436. The topological polar surface area (TPSA) is 120 Å². The van der Waals surface area contributed by atoms with Gasteiger partial charge in [-0.1, -0.05) is 12.1 Å². The minimum Gasteiger partial charge on any atom is -0.336 e. The standard InChI is InChI=1S/C15H10N6O2/c16-9-14(15-17-12-3-1-2-4-13(12)18-15)20-19-10-5-7-11(8-6-10)21(22)23/h1-8,19H,(H,17,18)/b20-14+. The van der Waals surface area contributed by atoms with Gasteiger partial charge in [0.25, 0.3) is 5.69 Å². The molecule has 2 aromatic carbocycles. The van der Waals surface area contributed by atoms with Gasteiger partial charge < -0.3 is 4.98 Å². The van der Waals surface area contributed by atoms with Crippen LogP contribution in [0.3, 0.4) is 0 Å². The van der Waals surface area contributed by atoms with E-state index in [4.69, 9.17) is 0 Å². The van der Waals surface area contributed by atoms with E-state index in [9.17, 15) is 15.4 Å². The minimum atomic E-state index is -0.484. The summed E-state index contributed by atoms with van der Waals surface area (Å²) in [6, 6.07) is 15.1. The van der Waals surface area contributed by atoms with Crippen LogP contribution in [-0.2, 0) is 0 Å². The zero-order valence-corrected chi connectivity index (χ0v) is 11.7. The molecule has 2 N–H and O–H groups in total. The lowest BCUT2D eigenvalue weighted by Crippen LogP contribution is -2.04. The summed E-state index contributed by atoms with van der Waals surface area (Å²) in [5.74, 6) is 0.350. The highest BCUT2D eigenvalue weighted by Crippen LogP contribution is 2.16. The smallest absolute Gasteiger partial charge is 0.269 e. The van der Waals surface area contributed by atoms with Gasteiger partial charge in [0.05, 0.1) is 21.6 Å². The number of nitrogens with zero attached hydrogens (tertiary/aromatic N) is 4. The lowest BCUT2D eigenvalue weighted by atomic mass is 10.3. The normalized spacial score (nSPS) is 11.2. The molecule has 3 rings (SSSR count). The first-order chi connectivity index (χ1) is 11.2. The summed E-state index contributed by atoms with van der Waals surface area (Å²) in [5, 5.41) is 23.8. The number of imidazole rings is 1. The number of H-pyrrole nitrogens is 1. The van der Waals surface area contributed by atoms with Crippen molar-refractivity contribution in [2.24, 2.45) is 5.10 Å². The molecule has 0 saturated carbocycles. The van der Waals surface area contributed by atoms with Crippen LogP contribution in [0.2, 0.25) is 0 Å². The third kappa shape index (κ3) is 2.98. The number of nitro benzene ring substituents is 1. The number of nitriles is 1. The molecular formula is C15H10N6O2. The molecule has 0 fully saturated rings. The molecule has 0 saturated heterocycles. The third-order valence-electron chi connectivity index (χ3n) is 3.09. The fourth-order valence-corrected chi connectivity index (χ4v) is 1.97. The van der Waals surface area contributed by atoms with E-state index in [2.05, 4.69) is 20.5 Å². The Bertz CT molecular complexity index is 904. The molecule has 0 aliphatic rings. The second-order valence-electron chi connectivity index (χ2n) is 4.59. The molecule has 0 radical (unpaired) electrons. The second-order valence-corrected chi connectivity index (χ2v) is 4.59. The van der Waals surface area contributed by atoms with E-state index < -0.39 is 4.92 Å². The van der Waals surface area contributed by atoms with Crippen molar-refractivity contribution in [3.05, 3.63) is 64.5 Å². The maximum atomic E-state index is 10.6. The number of anilines is 1. The number of para-hydroxylation sites is 2. The Kier molecular flexibility index (Phi) is 3.68. The van der Waals surface area contributed by atoms with Crippen LogP contribution in [0.5, 0.6) is 0 Å². The number of nitrogens with one attached hydrogen (secondary N) is 2. The minimum absolute atomic E-state index is 0.0164. The molecule has 1 heterocycles. The maximum absolute atomic E-state index is 10.6. The molecular weight excluding hydrogens is 296 g/mol. The molecule has 0 aliphatic heterocycles. The van der Waals surface area contributed by atoms with Crippen LogP contribution < -0.4 is 5.43 Å². The fourth-order valence-electron chi connectivity index (χ4n) is 1.97. The van der Waals surface area contributed by atoms with Gasteiger partial charge in [-0.25, -0.2) is 4.98 Å². The predicted molar refractivity (Wildman–Crippen MR) is 85.0 cm³/mol. The van der Waals surface area contributed by atoms with Gasteiger partial charge in [0.2, 0.25) is 5.71 Å². The van der Waals surface area contributed by atoms with Crippen molar-refractivity contribution in [1.82, 2.24) is 9.97 Å². The Labute approximate surface area is 130 Å². The van der Waals surface area contributed by atoms with Crippen molar-refractivity contribution >= 4 is 28.1 Å². The highest BCUT2D eigenvalue weighted by Gasteiger charge is 2.09. The third-order valence-corrected chi connectivity index (χ3v) is 3.09. The molecule has 0 atom stereocenters. The number of hydrogen-bond donors (Lipinski definition) is 2. The van der Waals surface area contributed by atoms with Gasteiger partial charge in [-0.3, -0.25) is 15.5 Å². The number of aromatic nitrogens is 2. The Morgan fingerprint density at radius 1 is 1.26 bits per heavy atom. The van der Waals surface area contributed by atoms with E-state index in [0.29, 0.717) is 11.5 Å². The van der Waals surface area contributed by atoms with Crippen LogP contribution >= 0.6 is 0 Å². The van der Waals surface area contributed by atoms with Crippen LogP contribution in [0.15, 0.2) is 53.6 Å². The van der Waals surface area contributed by atoms with Crippen LogP contribution in [-0.4, -0.2) is 20.6 Å². The molecule has 0 amide bonds. The first-order valence-corrected chi connectivity index (χ1v) is 6.61. The van der Waals surface area contributed by atoms with Crippen LogP contribution in [0.25, 0.3) is 11.0 Å². The zero-order chi connectivity index (χ0) is 16.2. The van der Waals surface area contributed by atoms with Crippen molar-refractivity contribution in [3.8, 4) is 6.07 Å². The lowest BCUT2D eigenvalue weighted by Gasteiger charge is -2.00.